The third-order valence-corrected chi connectivity index (χ3v) is 2.83. The molecule has 0 fully saturated rings. The molecule has 0 bridgehead atoms. The average molecular weight is 291 g/mol. The number of para-hydroxylation sites is 1. The van der Waals surface area contributed by atoms with Crippen LogP contribution in [0.3, 0.4) is 0 Å². The fourth-order valence-electron chi connectivity index (χ4n) is 1.37. The summed E-state index contributed by atoms with van der Waals surface area (Å²) < 4.78 is 6.46. The molecule has 2 aromatic rings. The summed E-state index contributed by atoms with van der Waals surface area (Å²) in [7, 11) is 0. The Morgan fingerprint density at radius 3 is 2.41 bits per heavy atom. The summed E-state index contributed by atoms with van der Waals surface area (Å²) >= 11 is 3.40. The number of nitrogens with one attached hydrogen (secondary N) is 1. The van der Waals surface area contributed by atoms with Crippen molar-refractivity contribution in [2.75, 3.05) is 0 Å². The molecule has 0 saturated heterocycles. The van der Waals surface area contributed by atoms with Gasteiger partial charge >= 0.3 is 0 Å². The molecule has 0 radical (unpaired) electrons. The van der Waals surface area contributed by atoms with Crippen LogP contribution in [-0.4, -0.2) is 5.84 Å². The second-order valence-electron chi connectivity index (χ2n) is 3.47. The van der Waals surface area contributed by atoms with Gasteiger partial charge in [-0.2, -0.15) is 0 Å². The van der Waals surface area contributed by atoms with E-state index < -0.39 is 0 Å². The van der Waals surface area contributed by atoms with E-state index in [-0.39, 0.29) is 5.84 Å². The van der Waals surface area contributed by atoms with Gasteiger partial charge in [0.25, 0.3) is 0 Å². The lowest BCUT2D eigenvalue weighted by molar-refractivity contribution is 0.479. The highest BCUT2D eigenvalue weighted by atomic mass is 79.9. The number of amidine groups is 1. The molecule has 0 saturated carbocycles. The summed E-state index contributed by atoms with van der Waals surface area (Å²) in [5, 5.41) is 7.34. The fraction of sp³-hybridized carbons (Fsp3) is 0. The number of nitrogen functional groups attached to an aromatic ring is 1. The SMILES string of the molecule is N=C(N)c1ccc(Oc2ccccc2)c(Br)c1. The molecule has 0 aromatic heterocycles. The molecule has 2 aromatic carbocycles. The summed E-state index contributed by atoms with van der Waals surface area (Å²) in [5.74, 6) is 1.50. The van der Waals surface area contributed by atoms with E-state index in [1.807, 2.05) is 30.3 Å². The van der Waals surface area contributed by atoms with E-state index >= 15 is 0 Å². The molecular weight excluding hydrogens is 280 g/mol. The van der Waals surface area contributed by atoms with Crippen molar-refractivity contribution in [2.24, 2.45) is 5.73 Å². The molecule has 4 heteroatoms. The first kappa shape index (κ1) is 11.7. The van der Waals surface area contributed by atoms with Crippen LogP contribution in [0.1, 0.15) is 5.56 Å². The standard InChI is InChI=1S/C13H11BrN2O/c14-11-8-9(13(15)16)6-7-12(11)17-10-4-2-1-3-5-10/h1-8H,(H3,15,16). The zero-order chi connectivity index (χ0) is 12.3. The Morgan fingerprint density at radius 1 is 1.12 bits per heavy atom. The zero-order valence-corrected chi connectivity index (χ0v) is 10.6. The normalized spacial score (nSPS) is 9.94. The molecule has 0 spiro atoms. The van der Waals surface area contributed by atoms with Crippen molar-refractivity contribution in [3.05, 3.63) is 58.6 Å². The number of halogens is 1. The summed E-state index contributed by atoms with van der Waals surface area (Å²) in [6.45, 7) is 0. The molecule has 86 valence electrons. The van der Waals surface area contributed by atoms with Gasteiger partial charge in [-0.05, 0) is 46.3 Å². The van der Waals surface area contributed by atoms with Crippen molar-refractivity contribution in [1.82, 2.24) is 0 Å². The Bertz CT molecular complexity index is 540. The maximum absolute atomic E-state index is 7.34. The van der Waals surface area contributed by atoms with E-state index in [1.54, 1.807) is 18.2 Å². The van der Waals surface area contributed by atoms with Gasteiger partial charge in [0.1, 0.15) is 17.3 Å². The van der Waals surface area contributed by atoms with Crippen molar-refractivity contribution in [3.8, 4) is 11.5 Å². The van der Waals surface area contributed by atoms with Gasteiger partial charge in [-0.3, -0.25) is 5.41 Å². The minimum Gasteiger partial charge on any atom is -0.456 e. The van der Waals surface area contributed by atoms with E-state index in [0.29, 0.717) is 11.3 Å². The van der Waals surface area contributed by atoms with Crippen LogP contribution < -0.4 is 10.5 Å². The highest BCUT2D eigenvalue weighted by Crippen LogP contribution is 2.30. The fourth-order valence-corrected chi connectivity index (χ4v) is 1.83. The largest absolute Gasteiger partial charge is 0.456 e. The van der Waals surface area contributed by atoms with E-state index in [4.69, 9.17) is 15.9 Å². The van der Waals surface area contributed by atoms with Crippen LogP contribution in [0.15, 0.2) is 53.0 Å². The zero-order valence-electron chi connectivity index (χ0n) is 8.98. The van der Waals surface area contributed by atoms with E-state index in [0.717, 1.165) is 10.2 Å². The van der Waals surface area contributed by atoms with Gasteiger partial charge in [0, 0.05) is 5.56 Å². The van der Waals surface area contributed by atoms with Crippen molar-refractivity contribution in [3.63, 3.8) is 0 Å². The van der Waals surface area contributed by atoms with Crippen LogP contribution in [0.5, 0.6) is 11.5 Å². The monoisotopic (exact) mass is 290 g/mol. The lowest BCUT2D eigenvalue weighted by Gasteiger charge is -2.08. The van der Waals surface area contributed by atoms with Gasteiger partial charge in [-0.25, -0.2) is 0 Å². The first-order chi connectivity index (χ1) is 8.16. The minimum absolute atomic E-state index is 0.0389. The first-order valence-corrected chi connectivity index (χ1v) is 5.83. The smallest absolute Gasteiger partial charge is 0.141 e. The lowest BCUT2D eigenvalue weighted by atomic mass is 10.2. The van der Waals surface area contributed by atoms with Gasteiger partial charge in [-0.1, -0.05) is 18.2 Å². The summed E-state index contributed by atoms with van der Waals surface area (Å²) in [5.41, 5.74) is 6.07. The molecule has 3 nitrogen and oxygen atoms in total. The molecule has 3 N–H and O–H groups in total. The Kier molecular flexibility index (Phi) is 3.44. The quantitative estimate of drug-likeness (QED) is 0.671. The van der Waals surface area contributed by atoms with Crippen LogP contribution in [0, 0.1) is 5.41 Å². The number of hydrogen-bond donors (Lipinski definition) is 2. The maximum Gasteiger partial charge on any atom is 0.141 e. The summed E-state index contributed by atoms with van der Waals surface area (Å²) in [4.78, 5) is 0. The molecule has 0 unspecified atom stereocenters. The van der Waals surface area contributed by atoms with Gasteiger partial charge in [0.2, 0.25) is 0 Å². The minimum atomic E-state index is 0.0389. The first-order valence-electron chi connectivity index (χ1n) is 5.03. The van der Waals surface area contributed by atoms with Crippen molar-refractivity contribution >= 4 is 21.8 Å². The second kappa shape index (κ2) is 5.01. The second-order valence-corrected chi connectivity index (χ2v) is 4.33. The lowest BCUT2D eigenvalue weighted by Crippen LogP contribution is -2.10. The summed E-state index contributed by atoms with van der Waals surface area (Å²) in [6.07, 6.45) is 0. The Balaban J connectivity index is 2.26. The van der Waals surface area contributed by atoms with Gasteiger partial charge < -0.3 is 10.5 Å². The van der Waals surface area contributed by atoms with E-state index in [1.165, 1.54) is 0 Å². The summed E-state index contributed by atoms with van der Waals surface area (Å²) in [6, 6.07) is 14.8. The van der Waals surface area contributed by atoms with Gasteiger partial charge in [-0.15, -0.1) is 0 Å². The third kappa shape index (κ3) is 2.85. The van der Waals surface area contributed by atoms with Crippen LogP contribution in [0.2, 0.25) is 0 Å². The van der Waals surface area contributed by atoms with Crippen molar-refractivity contribution in [1.29, 1.82) is 5.41 Å². The van der Waals surface area contributed by atoms with E-state index in [2.05, 4.69) is 15.9 Å². The molecule has 0 amide bonds. The topological polar surface area (TPSA) is 59.1 Å². The Hall–Kier alpha value is -1.81. The van der Waals surface area contributed by atoms with Crippen LogP contribution in [-0.2, 0) is 0 Å². The average Bonchev–Trinajstić information content (AvgIpc) is 2.33. The molecule has 0 aliphatic carbocycles. The van der Waals surface area contributed by atoms with Crippen LogP contribution in [0.25, 0.3) is 0 Å². The van der Waals surface area contributed by atoms with E-state index in [9.17, 15) is 0 Å². The highest BCUT2D eigenvalue weighted by Gasteiger charge is 2.05. The van der Waals surface area contributed by atoms with Crippen LogP contribution in [0.4, 0.5) is 0 Å². The molecule has 0 aliphatic heterocycles. The van der Waals surface area contributed by atoms with Crippen molar-refractivity contribution < 1.29 is 4.74 Å². The van der Waals surface area contributed by atoms with Crippen molar-refractivity contribution in [2.45, 2.75) is 0 Å². The Labute approximate surface area is 108 Å². The Morgan fingerprint density at radius 2 is 1.82 bits per heavy atom. The van der Waals surface area contributed by atoms with Gasteiger partial charge in [0.15, 0.2) is 0 Å². The number of hydrogen-bond acceptors (Lipinski definition) is 2. The van der Waals surface area contributed by atoms with Gasteiger partial charge in [0.05, 0.1) is 4.47 Å². The molecule has 0 aliphatic rings. The molecular formula is C13H11BrN2O. The molecule has 2 rings (SSSR count). The molecule has 0 atom stereocenters. The highest BCUT2D eigenvalue weighted by molar-refractivity contribution is 9.10. The number of rotatable bonds is 3. The third-order valence-electron chi connectivity index (χ3n) is 2.21. The maximum atomic E-state index is 7.34. The predicted octanol–water partition coefficient (Wildman–Crippen LogP) is 3.53. The number of ether oxygens (including phenoxy) is 1. The van der Waals surface area contributed by atoms with Crippen LogP contribution >= 0.6 is 15.9 Å². The predicted molar refractivity (Wildman–Crippen MR) is 71.7 cm³/mol. The number of nitrogens with two attached hydrogens (primary N) is 1. The molecule has 17 heavy (non-hydrogen) atoms. The molecule has 0 heterocycles. The number of benzene rings is 2.